The molecule has 0 fully saturated rings. The van der Waals surface area contributed by atoms with E-state index in [0.29, 0.717) is 28.0 Å². The fraction of sp³-hybridized carbons (Fsp3) is 0.0222. The number of phenolic OH excluding ortho intramolecular Hbond substituents is 2. The summed E-state index contributed by atoms with van der Waals surface area (Å²) < 4.78 is 0. The molecule has 1 aromatic heterocycles. The lowest BCUT2D eigenvalue weighted by Gasteiger charge is -2.30. The molecule has 0 atom stereocenters. The molecule has 2 aliphatic carbocycles. The fourth-order valence-corrected chi connectivity index (χ4v) is 8.33. The normalized spacial score (nSPS) is 13.6. The van der Waals surface area contributed by atoms with Crippen molar-refractivity contribution >= 4 is 33.4 Å². The van der Waals surface area contributed by atoms with Gasteiger partial charge in [0, 0.05) is 16.3 Å². The molecule has 230 valence electrons. The second kappa shape index (κ2) is 10.2. The second-order valence-corrected chi connectivity index (χ2v) is 12.8. The van der Waals surface area contributed by atoms with Crippen LogP contribution in [0.4, 0.5) is 5.69 Å². The van der Waals surface area contributed by atoms with Crippen molar-refractivity contribution in [1.82, 2.24) is 4.98 Å². The summed E-state index contributed by atoms with van der Waals surface area (Å²) in [6, 6.07) is 51.4. The van der Waals surface area contributed by atoms with Gasteiger partial charge in [-0.25, -0.2) is 4.98 Å². The Labute approximate surface area is 283 Å². The molecule has 4 nitrogen and oxygen atoms in total. The van der Waals surface area contributed by atoms with E-state index in [-0.39, 0.29) is 11.5 Å². The Bertz CT molecular complexity index is 2660. The van der Waals surface area contributed by atoms with Crippen LogP contribution in [0.25, 0.3) is 55.1 Å². The number of hydrogen-bond donors (Lipinski definition) is 2. The van der Waals surface area contributed by atoms with Gasteiger partial charge in [-0.2, -0.15) is 0 Å². The zero-order valence-electron chi connectivity index (χ0n) is 26.3. The number of aromatic hydroxyl groups is 2. The van der Waals surface area contributed by atoms with Crippen LogP contribution in [-0.4, -0.2) is 21.4 Å². The Hall–Kier alpha value is -6.52. The van der Waals surface area contributed by atoms with Gasteiger partial charge in [-0.05, 0) is 85.6 Å². The van der Waals surface area contributed by atoms with Crippen LogP contribution < -0.4 is 0 Å². The Morgan fingerprint density at radius 3 is 1.80 bits per heavy atom. The van der Waals surface area contributed by atoms with Crippen LogP contribution in [0.2, 0.25) is 0 Å². The number of pyridine rings is 1. The number of benzene rings is 7. The lowest BCUT2D eigenvalue weighted by Crippen LogP contribution is -2.25. The number of fused-ring (bicyclic) bond motifs is 12. The summed E-state index contributed by atoms with van der Waals surface area (Å²) in [5.41, 5.74) is 11.6. The Kier molecular flexibility index (Phi) is 5.76. The largest absolute Gasteiger partial charge is 0.507 e. The van der Waals surface area contributed by atoms with Gasteiger partial charge in [0.2, 0.25) is 0 Å². The van der Waals surface area contributed by atoms with Crippen molar-refractivity contribution in [2.24, 2.45) is 4.99 Å². The molecule has 0 saturated carbocycles. The first-order valence-corrected chi connectivity index (χ1v) is 16.4. The van der Waals surface area contributed by atoms with Gasteiger partial charge in [0.1, 0.15) is 11.5 Å². The van der Waals surface area contributed by atoms with Crippen molar-refractivity contribution in [2.75, 3.05) is 0 Å². The zero-order chi connectivity index (χ0) is 32.7. The first-order valence-electron chi connectivity index (χ1n) is 16.4. The highest BCUT2D eigenvalue weighted by Crippen LogP contribution is 2.63. The molecule has 49 heavy (non-hydrogen) atoms. The van der Waals surface area contributed by atoms with Crippen LogP contribution in [-0.2, 0) is 5.41 Å². The minimum atomic E-state index is -0.534. The van der Waals surface area contributed by atoms with E-state index in [2.05, 4.69) is 84.9 Å². The van der Waals surface area contributed by atoms with Crippen LogP contribution in [0.15, 0.2) is 157 Å². The first-order chi connectivity index (χ1) is 24.1. The Morgan fingerprint density at radius 1 is 0.490 bits per heavy atom. The van der Waals surface area contributed by atoms with Crippen LogP contribution >= 0.6 is 0 Å². The number of rotatable bonds is 3. The predicted octanol–water partition coefficient (Wildman–Crippen LogP) is 10.6. The van der Waals surface area contributed by atoms with Crippen molar-refractivity contribution in [3.8, 4) is 45.0 Å². The number of aliphatic imine (C=N–C) groups is 1. The lowest BCUT2D eigenvalue weighted by atomic mass is 9.70. The molecule has 0 bridgehead atoms. The van der Waals surface area contributed by atoms with Gasteiger partial charge in [-0.15, -0.1) is 0 Å². The quantitative estimate of drug-likeness (QED) is 0.191. The van der Waals surface area contributed by atoms with Crippen LogP contribution in [0.5, 0.6) is 11.5 Å². The Morgan fingerprint density at radius 2 is 1.08 bits per heavy atom. The third-order valence-electron chi connectivity index (χ3n) is 10.3. The maximum Gasteiger partial charge on any atom is 0.125 e. The topological polar surface area (TPSA) is 65.7 Å². The molecular formula is C45H28N2O2. The zero-order valence-corrected chi connectivity index (χ0v) is 26.3. The van der Waals surface area contributed by atoms with Gasteiger partial charge >= 0.3 is 0 Å². The minimum Gasteiger partial charge on any atom is -0.507 e. The van der Waals surface area contributed by atoms with Crippen molar-refractivity contribution in [3.05, 3.63) is 180 Å². The number of hydrogen-bond acceptors (Lipinski definition) is 4. The molecule has 1 heterocycles. The summed E-state index contributed by atoms with van der Waals surface area (Å²) in [5.74, 6) is 0.364. The van der Waals surface area contributed by atoms with E-state index in [4.69, 9.17) is 9.98 Å². The van der Waals surface area contributed by atoms with Crippen molar-refractivity contribution in [2.45, 2.75) is 5.41 Å². The fourth-order valence-electron chi connectivity index (χ4n) is 8.33. The van der Waals surface area contributed by atoms with E-state index in [1.165, 1.54) is 27.8 Å². The number of nitrogens with zero attached hydrogens (tertiary/aromatic N) is 2. The average molecular weight is 629 g/mol. The molecule has 0 saturated heterocycles. The molecule has 2 aliphatic rings. The number of phenols is 2. The molecule has 0 unspecified atom stereocenters. The van der Waals surface area contributed by atoms with E-state index < -0.39 is 5.41 Å². The Balaban J connectivity index is 1.19. The molecule has 0 amide bonds. The van der Waals surface area contributed by atoms with E-state index in [0.717, 1.165) is 32.8 Å². The predicted molar refractivity (Wildman–Crippen MR) is 198 cm³/mol. The molecular weight excluding hydrogens is 601 g/mol. The first kappa shape index (κ1) is 27.6. The summed E-state index contributed by atoms with van der Waals surface area (Å²) in [6.07, 6.45) is 1.76. The van der Waals surface area contributed by atoms with E-state index in [1.54, 1.807) is 12.3 Å². The molecule has 4 heteroatoms. The maximum atomic E-state index is 12.0. The van der Waals surface area contributed by atoms with E-state index >= 15 is 0 Å². The summed E-state index contributed by atoms with van der Waals surface area (Å²) >= 11 is 0. The number of aromatic nitrogens is 1. The van der Waals surface area contributed by atoms with Gasteiger partial charge in [-0.1, -0.05) is 121 Å². The van der Waals surface area contributed by atoms with E-state index in [1.807, 2.05) is 60.7 Å². The standard InChI is InChI=1S/C45H28N2O2/c48-42-22-10-13-27-12-9-21-39(44(27)42)46-26-41-29-14-2-1-11-28(29)23-40(47-41)34-24-33-32-17-5-8-20-37(32)45(38(33)25-43(34)49)35-18-6-3-15-30(35)31-16-4-7-19-36(31)45/h1-26,48-49H. The van der Waals surface area contributed by atoms with E-state index in [9.17, 15) is 10.2 Å². The summed E-state index contributed by atoms with van der Waals surface area (Å²) in [7, 11) is 0. The molecule has 10 rings (SSSR count). The molecule has 8 aromatic rings. The van der Waals surface area contributed by atoms with Crippen LogP contribution in [0.3, 0.4) is 0 Å². The van der Waals surface area contributed by atoms with Crippen molar-refractivity contribution in [1.29, 1.82) is 0 Å². The summed E-state index contributed by atoms with van der Waals surface area (Å²) in [5, 5.41) is 26.2. The van der Waals surface area contributed by atoms with Crippen LogP contribution in [0.1, 0.15) is 27.9 Å². The van der Waals surface area contributed by atoms with Gasteiger partial charge in [-0.3, -0.25) is 4.99 Å². The van der Waals surface area contributed by atoms with Gasteiger partial charge < -0.3 is 10.2 Å². The maximum absolute atomic E-state index is 12.0. The monoisotopic (exact) mass is 628 g/mol. The molecule has 1 spiro atoms. The summed E-state index contributed by atoms with van der Waals surface area (Å²) in [6.45, 7) is 0. The molecule has 2 N–H and O–H groups in total. The third-order valence-corrected chi connectivity index (χ3v) is 10.3. The van der Waals surface area contributed by atoms with Gasteiger partial charge in [0.25, 0.3) is 0 Å². The highest BCUT2D eigenvalue weighted by molar-refractivity contribution is 6.04. The summed E-state index contributed by atoms with van der Waals surface area (Å²) in [4.78, 5) is 9.96. The smallest absolute Gasteiger partial charge is 0.125 e. The highest BCUT2D eigenvalue weighted by Gasteiger charge is 2.51. The van der Waals surface area contributed by atoms with Crippen molar-refractivity contribution < 1.29 is 10.2 Å². The van der Waals surface area contributed by atoms with Crippen molar-refractivity contribution in [3.63, 3.8) is 0 Å². The van der Waals surface area contributed by atoms with Crippen LogP contribution in [0, 0.1) is 0 Å². The van der Waals surface area contributed by atoms with Gasteiger partial charge in [0.05, 0.1) is 28.7 Å². The average Bonchev–Trinajstić information content (AvgIpc) is 3.60. The minimum absolute atomic E-state index is 0.178. The highest BCUT2D eigenvalue weighted by atomic mass is 16.3. The SMILES string of the molecule is Oc1cc2c(cc1-c1cc3ccccc3c(C=Nc3cccc4cccc(O)c34)n1)-c1ccccc1C21c2ccccc2-c2ccccc21. The second-order valence-electron chi connectivity index (χ2n) is 12.8. The molecule has 0 radical (unpaired) electrons. The van der Waals surface area contributed by atoms with Gasteiger partial charge in [0.15, 0.2) is 0 Å². The third kappa shape index (κ3) is 3.80. The molecule has 0 aliphatic heterocycles. The molecule has 7 aromatic carbocycles. The lowest BCUT2D eigenvalue weighted by molar-refractivity contribution is 0.476.